The van der Waals surface area contributed by atoms with Crippen LogP contribution in [0.25, 0.3) is 0 Å². The summed E-state index contributed by atoms with van der Waals surface area (Å²) in [6.07, 6.45) is 3.52. The van der Waals surface area contributed by atoms with E-state index in [0.29, 0.717) is 17.8 Å². The Kier molecular flexibility index (Phi) is 3.87. The van der Waals surface area contributed by atoms with Crippen molar-refractivity contribution in [3.63, 3.8) is 0 Å². The molecule has 1 amide bonds. The lowest BCUT2D eigenvalue weighted by atomic mass is 9.98. The second kappa shape index (κ2) is 5.66. The molecular weight excluding hydrogens is 266 g/mol. The Bertz CT molecular complexity index is 520. The van der Waals surface area contributed by atoms with E-state index in [4.69, 9.17) is 5.73 Å². The summed E-state index contributed by atoms with van der Waals surface area (Å²) in [6.45, 7) is 1.95. The third-order valence-electron chi connectivity index (χ3n) is 4.75. The summed E-state index contributed by atoms with van der Waals surface area (Å²) >= 11 is 0. The minimum Gasteiger partial charge on any atom is -0.399 e. The first kappa shape index (κ1) is 14.4. The van der Waals surface area contributed by atoms with Crippen LogP contribution in [0.5, 0.6) is 0 Å². The number of piperidine rings is 1. The van der Waals surface area contributed by atoms with Crippen LogP contribution in [-0.4, -0.2) is 40.1 Å². The van der Waals surface area contributed by atoms with E-state index in [0.717, 1.165) is 31.4 Å². The molecular formula is C16H23N3O2. The van der Waals surface area contributed by atoms with Gasteiger partial charge in [0, 0.05) is 23.5 Å². The number of hydrogen-bond donors (Lipinski definition) is 3. The third-order valence-corrected chi connectivity index (χ3v) is 4.75. The smallest absolute Gasteiger partial charge is 0.241 e. The number of nitrogen functional groups attached to an aromatic ring is 1. The molecule has 2 aliphatic heterocycles. The van der Waals surface area contributed by atoms with E-state index >= 15 is 0 Å². The maximum atomic E-state index is 12.5. The summed E-state index contributed by atoms with van der Waals surface area (Å²) in [4.78, 5) is 14.8. The van der Waals surface area contributed by atoms with Gasteiger partial charge in [0.2, 0.25) is 5.91 Å². The predicted molar refractivity (Wildman–Crippen MR) is 82.8 cm³/mol. The normalized spacial score (nSPS) is 30.1. The van der Waals surface area contributed by atoms with Gasteiger partial charge in [-0.2, -0.15) is 0 Å². The van der Waals surface area contributed by atoms with Crippen LogP contribution in [0, 0.1) is 0 Å². The number of benzene rings is 1. The number of rotatable bonds is 3. The molecule has 21 heavy (non-hydrogen) atoms. The highest BCUT2D eigenvalue weighted by Crippen LogP contribution is 2.37. The molecule has 0 saturated carbocycles. The van der Waals surface area contributed by atoms with E-state index in [1.165, 1.54) is 0 Å². The van der Waals surface area contributed by atoms with Crippen LogP contribution >= 0.6 is 0 Å². The zero-order valence-electron chi connectivity index (χ0n) is 12.3. The number of anilines is 2. The Morgan fingerprint density at radius 3 is 2.67 bits per heavy atom. The summed E-state index contributed by atoms with van der Waals surface area (Å²) < 4.78 is 0. The highest BCUT2D eigenvalue weighted by Gasteiger charge is 2.43. The Hall–Kier alpha value is -1.59. The van der Waals surface area contributed by atoms with Crippen molar-refractivity contribution >= 4 is 17.3 Å². The summed E-state index contributed by atoms with van der Waals surface area (Å²) in [7, 11) is 0. The summed E-state index contributed by atoms with van der Waals surface area (Å²) in [6, 6.07) is 7.72. The molecule has 2 aliphatic rings. The first-order valence-electron chi connectivity index (χ1n) is 7.66. The number of nitrogens with two attached hydrogens (primary N) is 1. The summed E-state index contributed by atoms with van der Waals surface area (Å²) in [5.74, 6) is -0.00566. The van der Waals surface area contributed by atoms with Crippen LogP contribution < -0.4 is 11.1 Å². The predicted octanol–water partition coefficient (Wildman–Crippen LogP) is 1.58. The quantitative estimate of drug-likeness (QED) is 0.738. The lowest BCUT2D eigenvalue weighted by molar-refractivity contribution is -0.123. The number of fused-ring (bicyclic) bond motifs is 2. The van der Waals surface area contributed by atoms with Gasteiger partial charge in [0.1, 0.15) is 0 Å². The van der Waals surface area contributed by atoms with Crippen LogP contribution in [0.4, 0.5) is 11.4 Å². The first-order valence-corrected chi connectivity index (χ1v) is 7.66. The van der Waals surface area contributed by atoms with E-state index < -0.39 is 0 Å². The molecule has 114 valence electrons. The number of nitrogens with one attached hydrogen (secondary N) is 1. The number of nitrogens with zero attached hydrogens (tertiary/aromatic N) is 1. The maximum Gasteiger partial charge on any atom is 0.241 e. The number of aliphatic hydroxyl groups excluding tert-OH is 1. The van der Waals surface area contributed by atoms with Gasteiger partial charge in [-0.15, -0.1) is 0 Å². The van der Waals surface area contributed by atoms with Crippen LogP contribution in [0.2, 0.25) is 0 Å². The minimum atomic E-state index is -0.206. The Morgan fingerprint density at radius 2 is 2.05 bits per heavy atom. The van der Waals surface area contributed by atoms with E-state index in [1.54, 1.807) is 12.1 Å². The second-order valence-corrected chi connectivity index (χ2v) is 6.25. The number of aliphatic hydroxyl groups is 1. The van der Waals surface area contributed by atoms with Crippen LogP contribution in [-0.2, 0) is 4.79 Å². The van der Waals surface area contributed by atoms with Crippen molar-refractivity contribution in [2.75, 3.05) is 11.1 Å². The highest BCUT2D eigenvalue weighted by molar-refractivity contribution is 5.95. The van der Waals surface area contributed by atoms with E-state index in [9.17, 15) is 9.90 Å². The molecule has 5 nitrogen and oxygen atoms in total. The average molecular weight is 289 g/mol. The second-order valence-electron chi connectivity index (χ2n) is 6.25. The lowest BCUT2D eigenvalue weighted by Gasteiger charge is -2.40. The Balaban J connectivity index is 1.68. The van der Waals surface area contributed by atoms with Gasteiger partial charge in [-0.1, -0.05) is 6.07 Å². The van der Waals surface area contributed by atoms with Crippen LogP contribution in [0.3, 0.4) is 0 Å². The number of carbonyl (C=O) groups excluding carboxylic acids is 1. The summed E-state index contributed by atoms with van der Waals surface area (Å²) in [5, 5.41) is 12.8. The van der Waals surface area contributed by atoms with E-state index in [-0.39, 0.29) is 18.1 Å². The number of amides is 1. The minimum absolute atomic E-state index is 0.00566. The molecule has 0 aliphatic carbocycles. The molecule has 1 aromatic carbocycles. The fourth-order valence-corrected chi connectivity index (χ4v) is 3.82. The molecule has 3 unspecified atom stereocenters. The molecule has 4 N–H and O–H groups in total. The molecule has 5 heteroatoms. The standard InChI is InChI=1S/C16H23N3O2/c1-10(16(21)18-12-4-2-3-11(17)7-12)19-13-5-6-14(19)9-15(20)8-13/h2-4,7,10,13-15,20H,5-6,8-9,17H2,1H3,(H,18,21). The van der Waals surface area contributed by atoms with Crippen molar-refractivity contribution in [1.29, 1.82) is 0 Å². The highest BCUT2D eigenvalue weighted by atomic mass is 16.3. The molecule has 2 saturated heterocycles. The topological polar surface area (TPSA) is 78.6 Å². The SMILES string of the molecule is CC(C(=O)Nc1cccc(N)c1)N1C2CCC1CC(O)C2. The van der Waals surface area contributed by atoms with Gasteiger partial charge in [-0.3, -0.25) is 9.69 Å². The summed E-state index contributed by atoms with van der Waals surface area (Å²) in [5.41, 5.74) is 7.11. The van der Waals surface area contributed by atoms with Crippen LogP contribution in [0.1, 0.15) is 32.6 Å². The fourth-order valence-electron chi connectivity index (χ4n) is 3.82. The van der Waals surface area contributed by atoms with Gasteiger partial charge < -0.3 is 16.2 Å². The Labute approximate surface area is 125 Å². The lowest BCUT2D eigenvalue weighted by Crippen LogP contribution is -2.53. The molecule has 0 radical (unpaired) electrons. The molecule has 3 rings (SSSR count). The van der Waals surface area contributed by atoms with Gasteiger partial charge in [0.25, 0.3) is 0 Å². The molecule has 3 atom stereocenters. The Morgan fingerprint density at radius 1 is 1.38 bits per heavy atom. The van der Waals surface area contributed by atoms with E-state index in [2.05, 4.69) is 10.2 Å². The first-order chi connectivity index (χ1) is 10.0. The average Bonchev–Trinajstić information content (AvgIpc) is 2.70. The molecule has 1 aromatic rings. The monoisotopic (exact) mass is 289 g/mol. The largest absolute Gasteiger partial charge is 0.399 e. The molecule has 2 heterocycles. The van der Waals surface area contributed by atoms with Crippen molar-refractivity contribution in [3.05, 3.63) is 24.3 Å². The number of hydrogen-bond acceptors (Lipinski definition) is 4. The van der Waals surface area contributed by atoms with E-state index in [1.807, 2.05) is 19.1 Å². The fraction of sp³-hybridized carbons (Fsp3) is 0.562. The van der Waals surface area contributed by atoms with Crippen molar-refractivity contribution in [1.82, 2.24) is 4.90 Å². The molecule has 2 fully saturated rings. The van der Waals surface area contributed by atoms with Gasteiger partial charge in [0.15, 0.2) is 0 Å². The van der Waals surface area contributed by atoms with Crippen molar-refractivity contribution in [3.8, 4) is 0 Å². The zero-order valence-corrected chi connectivity index (χ0v) is 12.3. The van der Waals surface area contributed by atoms with Crippen molar-refractivity contribution < 1.29 is 9.90 Å². The van der Waals surface area contributed by atoms with Gasteiger partial charge >= 0.3 is 0 Å². The molecule has 0 spiro atoms. The maximum absolute atomic E-state index is 12.5. The van der Waals surface area contributed by atoms with Crippen LogP contribution in [0.15, 0.2) is 24.3 Å². The molecule has 0 aromatic heterocycles. The molecule has 2 bridgehead atoms. The third kappa shape index (κ3) is 2.89. The van der Waals surface area contributed by atoms with Crippen molar-refractivity contribution in [2.45, 2.75) is 56.8 Å². The van der Waals surface area contributed by atoms with Gasteiger partial charge in [-0.25, -0.2) is 0 Å². The zero-order chi connectivity index (χ0) is 15.0. The van der Waals surface area contributed by atoms with Crippen molar-refractivity contribution in [2.24, 2.45) is 0 Å². The van der Waals surface area contributed by atoms with Gasteiger partial charge in [-0.05, 0) is 50.8 Å². The number of carbonyl (C=O) groups is 1. The van der Waals surface area contributed by atoms with Gasteiger partial charge in [0.05, 0.1) is 12.1 Å².